The molecule has 16 nitrogen and oxygen atoms in total. The number of hydrogen-bond acceptors (Lipinski definition) is 12. The van der Waals surface area contributed by atoms with Crippen LogP contribution in [0.2, 0.25) is 0 Å². The third-order valence-corrected chi connectivity index (χ3v) is 13.0. The van der Waals surface area contributed by atoms with E-state index >= 15 is 0 Å². The minimum atomic E-state index is -3.91. The number of carbonyl (C=O) groups excluding carboxylic acids is 5. The summed E-state index contributed by atoms with van der Waals surface area (Å²) in [6, 6.07) is 4.10. The van der Waals surface area contributed by atoms with Crippen molar-refractivity contribution in [2.24, 2.45) is 5.92 Å². The number of alkyl carbamates (subject to hydrolysis) is 1. The lowest BCUT2D eigenvalue weighted by Gasteiger charge is -2.30. The predicted octanol–water partition coefficient (Wildman–Crippen LogP) is 2.91. The maximum absolute atomic E-state index is 14.3. The molecule has 2 saturated carbocycles. The highest BCUT2D eigenvalue weighted by Gasteiger charge is 2.62. The second kappa shape index (κ2) is 15.9. The number of cyclic esters (lactones) is 1. The number of nitrogens with one attached hydrogen (secondary N) is 4. The Balaban J connectivity index is 1.16. The van der Waals surface area contributed by atoms with Crippen molar-refractivity contribution in [2.75, 3.05) is 19.8 Å². The standard InChI is InChI=1S/C36H44N6O10S2/c43-30-28-17-23-21-42(28)32(45)27(12-5-3-1-2-4-9-22-19-36(22,40-30)33(46)41-54(48,49)26-13-14-26)39-34(47)51-16-7-6-15-50-24-10-8-11-25(18-24)52-35-37-20-29(53-35)31(44)38-23/h4,8-11,18,20,22-23,26-28H,1-3,5-7,12-17,19,21H2,(H,38,44)(H,39,47)(H,40,43)(H,41,46)/t22-,23-,27+,28+,36-/m1/s1. The molecule has 5 amide bonds. The molecule has 1 aromatic heterocycles. The van der Waals surface area contributed by atoms with Crippen molar-refractivity contribution in [3.8, 4) is 16.7 Å². The van der Waals surface area contributed by atoms with Crippen molar-refractivity contribution in [1.82, 2.24) is 30.6 Å². The summed E-state index contributed by atoms with van der Waals surface area (Å²) in [5.74, 6) is -1.94. The monoisotopic (exact) mass is 784 g/mol. The highest BCUT2D eigenvalue weighted by Crippen LogP contribution is 2.46. The smallest absolute Gasteiger partial charge is 0.407 e. The molecule has 5 atom stereocenters. The number of nitrogens with zero attached hydrogens (tertiary/aromatic N) is 2. The number of hydrogen-bond donors (Lipinski definition) is 4. The van der Waals surface area contributed by atoms with Gasteiger partial charge < -0.3 is 35.1 Å². The van der Waals surface area contributed by atoms with Gasteiger partial charge in [0, 0.05) is 24.6 Å². The fraction of sp³-hybridized carbons (Fsp3) is 0.556. The third kappa shape index (κ3) is 8.80. The Morgan fingerprint density at radius 2 is 1.78 bits per heavy atom. The van der Waals surface area contributed by atoms with Crippen molar-refractivity contribution in [3.63, 3.8) is 0 Å². The van der Waals surface area contributed by atoms with Crippen LogP contribution < -0.4 is 30.1 Å². The van der Waals surface area contributed by atoms with E-state index in [1.54, 1.807) is 24.3 Å². The van der Waals surface area contributed by atoms with E-state index in [1.165, 1.54) is 11.1 Å². The Morgan fingerprint density at radius 1 is 0.981 bits per heavy atom. The molecular weight excluding hydrogens is 741 g/mol. The first-order valence-electron chi connectivity index (χ1n) is 18.5. The van der Waals surface area contributed by atoms with E-state index in [4.69, 9.17) is 14.2 Å². The molecule has 0 unspecified atom stereocenters. The average Bonchev–Trinajstić information content (AvgIpc) is 4.02. The second-order valence-electron chi connectivity index (χ2n) is 14.4. The number of rotatable bonds is 3. The maximum atomic E-state index is 14.3. The normalized spacial score (nSPS) is 28.5. The Hall–Kier alpha value is -4.71. The number of aromatic nitrogens is 1. The van der Waals surface area contributed by atoms with Gasteiger partial charge in [-0.1, -0.05) is 42.4 Å². The van der Waals surface area contributed by atoms with E-state index < -0.39 is 74.6 Å². The molecule has 2 aromatic rings. The molecule has 4 heterocycles. The molecule has 1 aromatic carbocycles. The van der Waals surface area contributed by atoms with Gasteiger partial charge in [-0.3, -0.25) is 23.9 Å². The molecule has 7 rings (SSSR count). The molecule has 5 aliphatic rings. The van der Waals surface area contributed by atoms with Crippen LogP contribution in [-0.2, 0) is 29.1 Å². The van der Waals surface area contributed by atoms with Gasteiger partial charge in [-0.15, -0.1) is 0 Å². The minimum absolute atomic E-state index is 0.00594. The quantitative estimate of drug-likeness (QED) is 0.333. The summed E-state index contributed by atoms with van der Waals surface area (Å²) < 4.78 is 44.9. The second-order valence-corrected chi connectivity index (χ2v) is 17.3. The lowest BCUT2D eigenvalue weighted by atomic mass is 10.0. The van der Waals surface area contributed by atoms with Crippen LogP contribution in [0.3, 0.4) is 0 Å². The van der Waals surface area contributed by atoms with E-state index in [0.717, 1.165) is 24.2 Å². The summed E-state index contributed by atoms with van der Waals surface area (Å²) in [4.78, 5) is 74.5. The summed E-state index contributed by atoms with van der Waals surface area (Å²) >= 11 is 1.02. The van der Waals surface area contributed by atoms with Crippen molar-refractivity contribution in [1.29, 1.82) is 0 Å². The van der Waals surface area contributed by atoms with Gasteiger partial charge in [-0.2, -0.15) is 0 Å². The van der Waals surface area contributed by atoms with Gasteiger partial charge in [0.1, 0.15) is 34.0 Å². The van der Waals surface area contributed by atoms with Gasteiger partial charge in [-0.25, -0.2) is 18.2 Å². The van der Waals surface area contributed by atoms with Gasteiger partial charge in [0.05, 0.1) is 24.7 Å². The molecule has 0 radical (unpaired) electrons. The van der Waals surface area contributed by atoms with Crippen molar-refractivity contribution in [2.45, 2.75) is 99.5 Å². The van der Waals surface area contributed by atoms with Gasteiger partial charge in [0.2, 0.25) is 21.8 Å². The number of sulfonamides is 1. The van der Waals surface area contributed by atoms with Crippen LogP contribution in [-0.4, -0.2) is 96.7 Å². The first-order chi connectivity index (χ1) is 26.0. The van der Waals surface area contributed by atoms with E-state index in [2.05, 4.69) is 25.7 Å². The predicted molar refractivity (Wildman–Crippen MR) is 194 cm³/mol. The van der Waals surface area contributed by atoms with Crippen LogP contribution in [0.15, 0.2) is 42.6 Å². The summed E-state index contributed by atoms with van der Waals surface area (Å²) in [5.41, 5.74) is -1.53. The van der Waals surface area contributed by atoms with E-state index in [0.29, 0.717) is 56.6 Å². The fourth-order valence-electron chi connectivity index (χ4n) is 7.04. The van der Waals surface area contributed by atoms with Gasteiger partial charge in [0.15, 0.2) is 0 Å². The molecule has 2 aliphatic carbocycles. The summed E-state index contributed by atoms with van der Waals surface area (Å²) in [7, 11) is -3.91. The summed E-state index contributed by atoms with van der Waals surface area (Å²) in [5, 5.41) is 8.03. The van der Waals surface area contributed by atoms with E-state index in [-0.39, 0.29) is 42.5 Å². The van der Waals surface area contributed by atoms with Crippen LogP contribution in [0.1, 0.15) is 80.3 Å². The minimum Gasteiger partial charge on any atom is -0.493 e. The van der Waals surface area contributed by atoms with Crippen LogP contribution in [0.25, 0.3) is 0 Å². The van der Waals surface area contributed by atoms with Crippen molar-refractivity contribution >= 4 is 51.1 Å². The SMILES string of the molecule is O=C1N[C@H]2CCCCCC=C[C@@H]3C[C@@]3(C(=O)NS(=O)(=O)C3CC3)NC(=O)[C@@H]3C[C@H](CN3C2=O)NC(=O)c2cnc(s2)Oc2cccc(c2)OCCCCO1. The topological polar surface area (TPSA) is 211 Å². The van der Waals surface area contributed by atoms with Crippen molar-refractivity contribution < 1.29 is 46.6 Å². The molecule has 0 spiro atoms. The van der Waals surface area contributed by atoms with Crippen LogP contribution in [0.5, 0.6) is 16.7 Å². The van der Waals surface area contributed by atoms with Gasteiger partial charge in [-0.05, 0) is 69.9 Å². The first kappa shape index (κ1) is 37.6. The van der Waals surface area contributed by atoms with Crippen LogP contribution in [0.4, 0.5) is 4.79 Å². The fourth-order valence-corrected chi connectivity index (χ4v) is 9.10. The number of fused-ring (bicyclic) bond motifs is 7. The summed E-state index contributed by atoms with van der Waals surface area (Å²) in [6.45, 7) is 0.373. The largest absolute Gasteiger partial charge is 0.493 e. The molecule has 290 valence electrons. The molecule has 3 aliphatic heterocycles. The Kier molecular flexibility index (Phi) is 11.1. The van der Waals surface area contributed by atoms with E-state index in [1.807, 2.05) is 12.2 Å². The highest BCUT2D eigenvalue weighted by atomic mass is 32.2. The van der Waals surface area contributed by atoms with Gasteiger partial charge >= 0.3 is 6.09 Å². The Morgan fingerprint density at radius 3 is 2.59 bits per heavy atom. The molecule has 1 saturated heterocycles. The molecule has 18 heteroatoms. The number of thiazole rings is 1. The molecular formula is C36H44N6O10S2. The summed E-state index contributed by atoms with van der Waals surface area (Å²) in [6.07, 6.45) is 9.61. The zero-order valence-electron chi connectivity index (χ0n) is 29.6. The van der Waals surface area contributed by atoms with Crippen LogP contribution >= 0.6 is 11.3 Å². The number of amides is 5. The average molecular weight is 785 g/mol. The zero-order valence-corrected chi connectivity index (χ0v) is 31.3. The number of ether oxygens (including phenoxy) is 3. The maximum Gasteiger partial charge on any atom is 0.407 e. The van der Waals surface area contributed by atoms with E-state index in [9.17, 15) is 32.4 Å². The Labute approximate surface area is 316 Å². The van der Waals surface area contributed by atoms with Gasteiger partial charge in [0.25, 0.3) is 17.0 Å². The number of benzene rings is 1. The molecule has 54 heavy (non-hydrogen) atoms. The van der Waals surface area contributed by atoms with Crippen LogP contribution in [0, 0.1) is 5.92 Å². The lowest BCUT2D eigenvalue weighted by Crippen LogP contribution is -2.58. The Bertz CT molecular complexity index is 1920. The highest BCUT2D eigenvalue weighted by molar-refractivity contribution is 7.91. The van der Waals surface area contributed by atoms with Crippen molar-refractivity contribution in [3.05, 3.63) is 47.5 Å². The molecule has 3 fully saturated rings. The third-order valence-electron chi connectivity index (χ3n) is 10.3. The number of carbonyl (C=O) groups is 5. The lowest BCUT2D eigenvalue weighted by molar-refractivity contribution is -0.141. The molecule has 7 bridgehead atoms. The zero-order chi connectivity index (χ0) is 37.9. The first-order valence-corrected chi connectivity index (χ1v) is 20.8. The molecule has 4 N–H and O–H groups in total. The number of allylic oxidation sites excluding steroid dienone is 1.